The molecule has 3 heterocycles. The first kappa shape index (κ1) is 30.2. The number of fused-ring (bicyclic) bond motifs is 1. The minimum Gasteiger partial charge on any atom is -0.459 e. The molecule has 3 aliphatic rings. The molecule has 12 nitrogen and oxygen atoms in total. The number of pyridine rings is 1. The van der Waals surface area contributed by atoms with Gasteiger partial charge in [0.15, 0.2) is 23.8 Å². The lowest BCUT2D eigenvalue weighted by molar-refractivity contribution is -0.109. The minimum absolute atomic E-state index is 0.0852. The van der Waals surface area contributed by atoms with Crippen LogP contribution in [0.25, 0.3) is 11.4 Å². The summed E-state index contributed by atoms with van der Waals surface area (Å²) in [4.78, 5) is 60.8. The zero-order chi connectivity index (χ0) is 32.3. The Balaban J connectivity index is 1.44. The second kappa shape index (κ2) is 12.6. The molecule has 232 valence electrons. The number of aromatic nitrogens is 3. The number of ether oxygens (including phenoxy) is 4. The molecular formula is C34H28N4O8. The highest BCUT2D eigenvalue weighted by molar-refractivity contribution is 5.91. The van der Waals surface area contributed by atoms with Gasteiger partial charge in [0.05, 0.1) is 22.3 Å². The summed E-state index contributed by atoms with van der Waals surface area (Å²) >= 11 is 0. The van der Waals surface area contributed by atoms with Crippen LogP contribution in [-0.2, 0) is 18.9 Å². The number of anilines is 1. The highest BCUT2D eigenvalue weighted by Crippen LogP contribution is 2.45. The smallest absolute Gasteiger partial charge is 0.338 e. The van der Waals surface area contributed by atoms with Crippen molar-refractivity contribution < 1.29 is 33.3 Å². The van der Waals surface area contributed by atoms with Crippen molar-refractivity contribution in [1.29, 1.82) is 0 Å². The first-order valence-electron chi connectivity index (χ1n) is 14.3. The van der Waals surface area contributed by atoms with Crippen LogP contribution >= 0.6 is 0 Å². The summed E-state index contributed by atoms with van der Waals surface area (Å²) in [6.45, 7) is 1.15. The molecule has 0 saturated carbocycles. The zero-order valence-corrected chi connectivity index (χ0v) is 24.5. The van der Waals surface area contributed by atoms with Crippen LogP contribution in [0.2, 0.25) is 0 Å². The van der Waals surface area contributed by atoms with E-state index in [0.29, 0.717) is 5.56 Å². The number of carbonyl (C=O) groups is 3. The van der Waals surface area contributed by atoms with E-state index >= 15 is 0 Å². The number of hydrogen-bond acceptors (Lipinski definition) is 11. The summed E-state index contributed by atoms with van der Waals surface area (Å²) in [5, 5.41) is 0. The van der Waals surface area contributed by atoms with Gasteiger partial charge in [-0.3, -0.25) is 4.79 Å². The van der Waals surface area contributed by atoms with Gasteiger partial charge in [-0.05, 0) is 55.5 Å². The molecule has 0 spiro atoms. The molecule has 0 aliphatic carbocycles. The molecule has 2 N–H and O–H groups in total. The Labute approximate surface area is 262 Å². The molecule has 12 heteroatoms. The molecule has 6 rings (SSSR count). The predicted molar refractivity (Wildman–Crippen MR) is 164 cm³/mol. The van der Waals surface area contributed by atoms with Gasteiger partial charge in [0, 0.05) is 6.20 Å². The van der Waals surface area contributed by atoms with E-state index in [2.05, 4.69) is 9.97 Å². The Morgan fingerprint density at radius 1 is 0.804 bits per heavy atom. The topological polar surface area (TPSA) is 162 Å². The third kappa shape index (κ3) is 5.93. The number of benzene rings is 3. The molecular weight excluding hydrogens is 592 g/mol. The molecule has 3 aliphatic heterocycles. The number of nitrogen functional groups attached to an aromatic ring is 1. The normalized spacial score (nSPS) is 20.6. The third-order valence-corrected chi connectivity index (χ3v) is 7.57. The van der Waals surface area contributed by atoms with Crippen LogP contribution in [-0.4, -0.2) is 56.9 Å². The SMILES string of the molecule is CC1(OC(=O)c2ccccc2)C(OC(=O)c2ccccc2)[C@@H](COC(=O)c2ccccc2)O[C@H]1n1cccc2c(=O)nc(N)nc1-2. The molecule has 46 heavy (non-hydrogen) atoms. The highest BCUT2D eigenvalue weighted by Gasteiger charge is 2.60. The quantitative estimate of drug-likeness (QED) is 0.198. The van der Waals surface area contributed by atoms with Crippen molar-refractivity contribution in [2.75, 3.05) is 12.3 Å². The Bertz CT molecular complexity index is 1900. The zero-order valence-electron chi connectivity index (χ0n) is 24.5. The summed E-state index contributed by atoms with van der Waals surface area (Å²) in [6, 6.07) is 27.9. The number of esters is 3. The average Bonchev–Trinajstić information content (AvgIpc) is 3.34. The Morgan fingerprint density at radius 3 is 1.98 bits per heavy atom. The lowest BCUT2D eigenvalue weighted by Gasteiger charge is -2.35. The Hall–Kier alpha value is -5.88. The fraction of sp³-hybridized carbons (Fsp3) is 0.176. The molecule has 3 aromatic rings. The molecule has 2 unspecified atom stereocenters. The molecule has 0 bridgehead atoms. The second-order valence-corrected chi connectivity index (χ2v) is 10.7. The van der Waals surface area contributed by atoms with Crippen molar-refractivity contribution in [3.05, 3.63) is 136 Å². The van der Waals surface area contributed by atoms with Crippen LogP contribution in [0.5, 0.6) is 0 Å². The van der Waals surface area contributed by atoms with Gasteiger partial charge in [-0.15, -0.1) is 0 Å². The lowest BCUT2D eigenvalue weighted by Crippen LogP contribution is -2.50. The average molecular weight is 621 g/mol. The maximum atomic E-state index is 13.6. The second-order valence-electron chi connectivity index (χ2n) is 10.7. The van der Waals surface area contributed by atoms with Crippen LogP contribution in [0.3, 0.4) is 0 Å². The molecule has 1 saturated heterocycles. The summed E-state index contributed by atoms with van der Waals surface area (Å²) < 4.78 is 25.8. The molecule has 0 radical (unpaired) electrons. The van der Waals surface area contributed by atoms with E-state index in [1.807, 2.05) is 0 Å². The standard InChI is InChI=1S/C34H28N4O8/c1-34(46-31(42)23-16-9-4-10-17-23)26(45-30(41)22-14-7-3-8-15-22)25(20-43-29(40)21-12-5-2-6-13-21)44-32(34)38-19-11-18-24-27(38)36-33(35)37-28(24)39/h2-19,25-26,32H,20H2,1H3,(H2,35,37,39)/t25-,26?,32-,34?/m1/s1. The summed E-state index contributed by atoms with van der Waals surface area (Å²) in [5.41, 5.74) is 4.33. The van der Waals surface area contributed by atoms with Gasteiger partial charge < -0.3 is 29.2 Å². The van der Waals surface area contributed by atoms with Gasteiger partial charge >= 0.3 is 17.9 Å². The molecule has 1 fully saturated rings. The van der Waals surface area contributed by atoms with Gasteiger partial charge in [0.2, 0.25) is 5.95 Å². The van der Waals surface area contributed by atoms with Crippen molar-refractivity contribution >= 4 is 23.9 Å². The predicted octanol–water partition coefficient (Wildman–Crippen LogP) is 3.92. The van der Waals surface area contributed by atoms with E-state index in [9.17, 15) is 19.2 Å². The fourth-order valence-electron chi connectivity index (χ4n) is 5.35. The first-order chi connectivity index (χ1) is 22.2. The molecule has 0 amide bonds. The fourth-order valence-corrected chi connectivity index (χ4v) is 5.35. The van der Waals surface area contributed by atoms with E-state index in [1.165, 1.54) is 17.6 Å². The molecule has 0 aromatic heterocycles. The van der Waals surface area contributed by atoms with Gasteiger partial charge in [0.25, 0.3) is 5.56 Å². The van der Waals surface area contributed by atoms with E-state index in [0.717, 1.165) is 0 Å². The van der Waals surface area contributed by atoms with Gasteiger partial charge in [0.1, 0.15) is 12.7 Å². The van der Waals surface area contributed by atoms with E-state index in [1.54, 1.807) is 103 Å². The molecule has 3 aromatic carbocycles. The van der Waals surface area contributed by atoms with Crippen molar-refractivity contribution in [3.63, 3.8) is 0 Å². The minimum atomic E-state index is -1.77. The number of hydrogen-bond donors (Lipinski definition) is 1. The van der Waals surface area contributed by atoms with Crippen LogP contribution in [0.15, 0.2) is 114 Å². The summed E-state index contributed by atoms with van der Waals surface area (Å²) in [7, 11) is 0. The van der Waals surface area contributed by atoms with Crippen LogP contribution < -0.4 is 11.3 Å². The third-order valence-electron chi connectivity index (χ3n) is 7.57. The Kier molecular flexibility index (Phi) is 8.27. The van der Waals surface area contributed by atoms with Crippen molar-refractivity contribution in [2.45, 2.75) is 31.0 Å². The van der Waals surface area contributed by atoms with E-state index in [4.69, 9.17) is 24.7 Å². The lowest BCUT2D eigenvalue weighted by atomic mass is 9.94. The van der Waals surface area contributed by atoms with E-state index < -0.39 is 47.5 Å². The number of nitrogens with zero attached hydrogens (tertiary/aromatic N) is 3. The van der Waals surface area contributed by atoms with Crippen LogP contribution in [0.4, 0.5) is 5.95 Å². The summed E-state index contributed by atoms with van der Waals surface area (Å²) in [5.74, 6) is -2.30. The number of carbonyl (C=O) groups excluding carboxylic acids is 3. The highest BCUT2D eigenvalue weighted by atomic mass is 16.7. The number of nitrogens with two attached hydrogens (primary N) is 1. The molecule has 4 atom stereocenters. The van der Waals surface area contributed by atoms with Gasteiger partial charge in [-0.1, -0.05) is 54.6 Å². The van der Waals surface area contributed by atoms with Crippen molar-refractivity contribution in [2.24, 2.45) is 0 Å². The van der Waals surface area contributed by atoms with Crippen LogP contribution in [0, 0.1) is 0 Å². The van der Waals surface area contributed by atoms with Crippen molar-refractivity contribution in [3.8, 4) is 11.4 Å². The first-order valence-corrected chi connectivity index (χ1v) is 14.3. The summed E-state index contributed by atoms with van der Waals surface area (Å²) in [6.07, 6.45) is -2.17. The van der Waals surface area contributed by atoms with E-state index in [-0.39, 0.29) is 35.1 Å². The van der Waals surface area contributed by atoms with Crippen LogP contribution in [0.1, 0.15) is 44.2 Å². The largest absolute Gasteiger partial charge is 0.459 e. The van der Waals surface area contributed by atoms with Crippen molar-refractivity contribution in [1.82, 2.24) is 14.5 Å². The Morgan fingerprint density at radius 2 is 1.37 bits per heavy atom. The monoisotopic (exact) mass is 620 g/mol. The van der Waals surface area contributed by atoms with Gasteiger partial charge in [-0.25, -0.2) is 14.4 Å². The maximum absolute atomic E-state index is 13.6. The van der Waals surface area contributed by atoms with Gasteiger partial charge in [-0.2, -0.15) is 9.97 Å². The maximum Gasteiger partial charge on any atom is 0.338 e. The number of rotatable bonds is 8.